The number of urea groups is 1. The lowest BCUT2D eigenvalue weighted by Gasteiger charge is -2.08. The van der Waals surface area contributed by atoms with Crippen LogP contribution < -0.4 is 16.8 Å². The lowest BCUT2D eigenvalue weighted by Crippen LogP contribution is -2.19. The highest BCUT2D eigenvalue weighted by molar-refractivity contribution is 9.11. The number of carbonyl (C=O) groups excluding carboxylic acids is 1. The van der Waals surface area contributed by atoms with Crippen molar-refractivity contribution in [3.63, 3.8) is 0 Å². The van der Waals surface area contributed by atoms with E-state index >= 15 is 0 Å². The van der Waals surface area contributed by atoms with Gasteiger partial charge in [0.1, 0.15) is 0 Å². The van der Waals surface area contributed by atoms with Crippen LogP contribution in [-0.2, 0) is 0 Å². The zero-order chi connectivity index (χ0) is 10.0. The van der Waals surface area contributed by atoms with E-state index in [1.54, 1.807) is 12.1 Å². The molecule has 13 heavy (non-hydrogen) atoms. The summed E-state index contributed by atoms with van der Waals surface area (Å²) in [4.78, 5) is 10.6. The largest absolute Gasteiger partial charge is 0.399 e. The summed E-state index contributed by atoms with van der Waals surface area (Å²) < 4.78 is 1.36. The maximum atomic E-state index is 10.6. The van der Waals surface area contributed by atoms with Gasteiger partial charge < -0.3 is 16.8 Å². The normalized spacial score (nSPS) is 9.69. The van der Waals surface area contributed by atoms with Crippen molar-refractivity contribution in [1.29, 1.82) is 0 Å². The van der Waals surface area contributed by atoms with Crippen molar-refractivity contribution in [3.8, 4) is 0 Å². The molecule has 4 nitrogen and oxygen atoms in total. The van der Waals surface area contributed by atoms with Gasteiger partial charge in [-0.2, -0.15) is 0 Å². The number of benzene rings is 1. The van der Waals surface area contributed by atoms with Crippen molar-refractivity contribution >= 4 is 49.3 Å². The molecule has 0 bridgehead atoms. The number of nitrogen functional groups attached to an aromatic ring is 1. The number of hydrogen-bond acceptors (Lipinski definition) is 2. The van der Waals surface area contributed by atoms with Gasteiger partial charge in [-0.15, -0.1) is 0 Å². The molecule has 0 saturated heterocycles. The van der Waals surface area contributed by atoms with Crippen LogP contribution in [0.5, 0.6) is 0 Å². The average molecular weight is 309 g/mol. The lowest BCUT2D eigenvalue weighted by atomic mass is 10.3. The zero-order valence-corrected chi connectivity index (χ0v) is 9.65. The van der Waals surface area contributed by atoms with Crippen LogP contribution in [0.25, 0.3) is 0 Å². The Balaban J connectivity index is 3.13. The number of nitrogens with two attached hydrogens (primary N) is 2. The number of halogens is 2. The molecule has 0 heterocycles. The Hall–Kier alpha value is -0.750. The number of primary amides is 1. The fourth-order valence-electron chi connectivity index (χ4n) is 0.835. The third-order valence-electron chi connectivity index (χ3n) is 1.31. The molecule has 0 aliphatic heterocycles. The van der Waals surface area contributed by atoms with E-state index in [1.165, 1.54) is 0 Å². The topological polar surface area (TPSA) is 81.1 Å². The van der Waals surface area contributed by atoms with E-state index < -0.39 is 6.03 Å². The molecule has 0 aromatic heterocycles. The Bertz CT molecular complexity index is 331. The molecule has 2 amide bonds. The van der Waals surface area contributed by atoms with Gasteiger partial charge in [0.05, 0.1) is 5.69 Å². The van der Waals surface area contributed by atoms with E-state index in [1.807, 2.05) is 0 Å². The van der Waals surface area contributed by atoms with Crippen molar-refractivity contribution in [2.45, 2.75) is 0 Å². The van der Waals surface area contributed by atoms with Gasteiger partial charge in [0.2, 0.25) is 0 Å². The van der Waals surface area contributed by atoms with Crippen molar-refractivity contribution in [2.75, 3.05) is 11.1 Å². The van der Waals surface area contributed by atoms with Crippen LogP contribution in [-0.4, -0.2) is 6.03 Å². The van der Waals surface area contributed by atoms with E-state index in [-0.39, 0.29) is 0 Å². The molecule has 0 unspecified atom stereocenters. The van der Waals surface area contributed by atoms with E-state index in [0.29, 0.717) is 20.3 Å². The van der Waals surface area contributed by atoms with Crippen LogP contribution in [0.2, 0.25) is 0 Å². The fraction of sp³-hybridized carbons (Fsp3) is 0. The number of hydrogen-bond donors (Lipinski definition) is 3. The quantitative estimate of drug-likeness (QED) is 0.696. The van der Waals surface area contributed by atoms with Gasteiger partial charge in [0, 0.05) is 14.6 Å². The summed E-state index contributed by atoms with van der Waals surface area (Å²) >= 11 is 6.49. The molecule has 5 N–H and O–H groups in total. The molecular formula is C7H7Br2N3O. The first-order valence-electron chi connectivity index (χ1n) is 3.31. The molecule has 0 aliphatic rings. The van der Waals surface area contributed by atoms with Crippen LogP contribution in [0.4, 0.5) is 16.2 Å². The van der Waals surface area contributed by atoms with Gasteiger partial charge >= 0.3 is 6.03 Å². The van der Waals surface area contributed by atoms with E-state index in [9.17, 15) is 4.79 Å². The number of rotatable bonds is 1. The number of anilines is 2. The molecule has 1 aromatic rings. The zero-order valence-electron chi connectivity index (χ0n) is 6.47. The van der Waals surface area contributed by atoms with Gasteiger partial charge in [-0.3, -0.25) is 0 Å². The van der Waals surface area contributed by atoms with Crippen LogP contribution >= 0.6 is 31.9 Å². The second kappa shape index (κ2) is 3.97. The van der Waals surface area contributed by atoms with Crippen LogP contribution in [0.15, 0.2) is 21.1 Å². The second-order valence-electron chi connectivity index (χ2n) is 2.35. The highest BCUT2D eigenvalue weighted by Gasteiger charge is 2.07. The van der Waals surface area contributed by atoms with E-state index in [0.717, 1.165) is 0 Å². The molecule has 1 rings (SSSR count). The molecule has 0 aliphatic carbocycles. The maximum Gasteiger partial charge on any atom is 0.316 e. The van der Waals surface area contributed by atoms with Crippen molar-refractivity contribution in [1.82, 2.24) is 0 Å². The van der Waals surface area contributed by atoms with E-state index in [2.05, 4.69) is 37.2 Å². The summed E-state index contributed by atoms with van der Waals surface area (Å²) in [6.07, 6.45) is 0. The first kappa shape index (κ1) is 10.3. The minimum absolute atomic E-state index is 0.571. The number of nitrogens with one attached hydrogen (secondary N) is 1. The molecule has 0 atom stereocenters. The van der Waals surface area contributed by atoms with Crippen molar-refractivity contribution in [2.24, 2.45) is 5.73 Å². The molecule has 0 spiro atoms. The Morgan fingerprint density at radius 1 is 1.31 bits per heavy atom. The first-order valence-corrected chi connectivity index (χ1v) is 4.90. The number of amides is 2. The fourth-order valence-corrected chi connectivity index (χ4v) is 2.26. The summed E-state index contributed by atoms with van der Waals surface area (Å²) in [5.41, 5.74) is 11.7. The summed E-state index contributed by atoms with van der Waals surface area (Å²) in [5.74, 6) is 0. The molecular weight excluding hydrogens is 302 g/mol. The van der Waals surface area contributed by atoms with Gasteiger partial charge in [0.15, 0.2) is 0 Å². The molecule has 70 valence electrons. The first-order chi connectivity index (χ1) is 6.00. The maximum absolute atomic E-state index is 10.6. The summed E-state index contributed by atoms with van der Waals surface area (Å²) in [6, 6.07) is 2.73. The molecule has 0 fully saturated rings. The van der Waals surface area contributed by atoms with Gasteiger partial charge in [-0.25, -0.2) is 4.79 Å². The Labute approximate surface area is 91.9 Å². The average Bonchev–Trinajstić information content (AvgIpc) is 1.96. The summed E-state index contributed by atoms with van der Waals surface area (Å²) in [5, 5.41) is 2.46. The van der Waals surface area contributed by atoms with Crippen molar-refractivity contribution < 1.29 is 4.79 Å². The molecule has 6 heteroatoms. The second-order valence-corrected chi connectivity index (χ2v) is 4.06. The number of carbonyl (C=O) groups is 1. The van der Waals surface area contributed by atoms with Crippen LogP contribution in [0, 0.1) is 0 Å². The monoisotopic (exact) mass is 307 g/mol. The molecule has 0 radical (unpaired) electrons. The molecule has 0 saturated carbocycles. The third kappa shape index (κ3) is 2.60. The minimum Gasteiger partial charge on any atom is -0.399 e. The highest BCUT2D eigenvalue weighted by atomic mass is 79.9. The minimum atomic E-state index is -0.619. The standard InChI is InChI=1S/C7H7Br2N3O/c8-4-1-3(10)2-5(9)6(4)12-7(11)13/h1-2H,10H2,(H3,11,12,13). The Morgan fingerprint density at radius 2 is 1.77 bits per heavy atom. The Morgan fingerprint density at radius 3 is 2.15 bits per heavy atom. The van der Waals surface area contributed by atoms with Crippen molar-refractivity contribution in [3.05, 3.63) is 21.1 Å². The van der Waals surface area contributed by atoms with Crippen LogP contribution in [0.1, 0.15) is 0 Å². The summed E-state index contributed by atoms with van der Waals surface area (Å²) in [6.45, 7) is 0. The highest BCUT2D eigenvalue weighted by Crippen LogP contribution is 2.33. The lowest BCUT2D eigenvalue weighted by molar-refractivity contribution is 0.259. The molecule has 1 aromatic carbocycles. The SMILES string of the molecule is NC(=O)Nc1c(Br)cc(N)cc1Br. The third-order valence-corrected chi connectivity index (χ3v) is 2.56. The predicted octanol–water partition coefficient (Wildman–Crippen LogP) is 2.28. The smallest absolute Gasteiger partial charge is 0.316 e. The van der Waals surface area contributed by atoms with Gasteiger partial charge in [-0.1, -0.05) is 0 Å². The van der Waals surface area contributed by atoms with Gasteiger partial charge in [0.25, 0.3) is 0 Å². The predicted molar refractivity (Wildman–Crippen MR) is 59.5 cm³/mol. The Kier molecular flexibility index (Phi) is 3.16. The van der Waals surface area contributed by atoms with E-state index in [4.69, 9.17) is 11.5 Å². The summed E-state index contributed by atoms with van der Waals surface area (Å²) in [7, 11) is 0. The van der Waals surface area contributed by atoms with Crippen LogP contribution in [0.3, 0.4) is 0 Å². The van der Waals surface area contributed by atoms with Gasteiger partial charge in [-0.05, 0) is 44.0 Å².